The third kappa shape index (κ3) is 4.56. The van der Waals surface area contributed by atoms with Crippen LogP contribution in [0.4, 0.5) is 16.4 Å². The van der Waals surface area contributed by atoms with Crippen LogP contribution in [0, 0.1) is 0 Å². The van der Waals surface area contributed by atoms with Gasteiger partial charge in [-0.2, -0.15) is 0 Å². The van der Waals surface area contributed by atoms with Gasteiger partial charge in [-0.15, -0.1) is 0 Å². The van der Waals surface area contributed by atoms with Crippen molar-refractivity contribution in [2.24, 2.45) is 0 Å². The number of thiocarbonyl (C=S) groups is 1. The van der Waals surface area contributed by atoms with Crippen LogP contribution in [0.15, 0.2) is 36.3 Å². The molecule has 1 aliphatic carbocycles. The van der Waals surface area contributed by atoms with Crippen LogP contribution in [0.25, 0.3) is 28.0 Å². The Bertz CT molecular complexity index is 1500. The van der Waals surface area contributed by atoms with E-state index in [0.717, 1.165) is 103 Å². The number of carbonyl (C=O) groups excluding carboxylic acids is 1. The van der Waals surface area contributed by atoms with Gasteiger partial charge in [-0.25, -0.2) is 19.7 Å². The van der Waals surface area contributed by atoms with E-state index in [0.29, 0.717) is 19.2 Å². The number of pyridine rings is 2. The highest BCUT2D eigenvalue weighted by Gasteiger charge is 2.38. The Kier molecular flexibility index (Phi) is 6.55. The molecular formula is C29H32N8O2S. The number of rotatable bonds is 4. The number of carbonyl (C=O) groups is 1. The van der Waals surface area contributed by atoms with E-state index in [9.17, 15) is 4.79 Å². The molecule has 6 heterocycles. The van der Waals surface area contributed by atoms with Gasteiger partial charge in [0, 0.05) is 61.9 Å². The number of hydrogen-bond acceptors (Lipinski definition) is 8. The molecule has 1 N–H and O–H groups in total. The van der Waals surface area contributed by atoms with Crippen molar-refractivity contribution in [1.29, 1.82) is 0 Å². The first-order chi connectivity index (χ1) is 19.6. The summed E-state index contributed by atoms with van der Waals surface area (Å²) < 4.78 is 5.45. The molecule has 7 rings (SSSR count). The van der Waals surface area contributed by atoms with Crippen molar-refractivity contribution < 1.29 is 9.53 Å². The second kappa shape index (κ2) is 10.4. The molecule has 2 amide bonds. The fraction of sp³-hybridized carbons (Fsp3) is 0.448. The molecule has 2 saturated heterocycles. The van der Waals surface area contributed by atoms with E-state index >= 15 is 0 Å². The molecule has 3 aliphatic heterocycles. The lowest BCUT2D eigenvalue weighted by molar-refractivity contribution is 0.122. The van der Waals surface area contributed by atoms with E-state index in [2.05, 4.69) is 32.0 Å². The zero-order valence-corrected chi connectivity index (χ0v) is 23.4. The number of amides is 2. The normalized spacial score (nSPS) is 19.6. The van der Waals surface area contributed by atoms with E-state index in [1.807, 2.05) is 35.6 Å². The largest absolute Gasteiger partial charge is 0.378 e. The Balaban J connectivity index is 1.28. The highest BCUT2D eigenvalue weighted by atomic mass is 32.1. The Hall–Kier alpha value is -3.70. The fourth-order valence-electron chi connectivity index (χ4n) is 5.89. The molecule has 3 aromatic rings. The molecular weight excluding hydrogens is 524 g/mol. The molecule has 10 nitrogen and oxygen atoms in total. The number of allylic oxidation sites excluding steroid dienone is 1. The zero-order chi connectivity index (χ0) is 27.2. The van der Waals surface area contributed by atoms with E-state index in [1.165, 1.54) is 5.57 Å². The highest BCUT2D eigenvalue weighted by molar-refractivity contribution is 7.80. The SMILES string of the molecule is CCC(=S)N1CCC(N2C(=O)NC(=C3CC3)c3cnc4ccc(-c5cnc(N6CCOCC6)nc5)nc4c32)CC1. The van der Waals surface area contributed by atoms with Gasteiger partial charge in [0.25, 0.3) is 0 Å². The van der Waals surface area contributed by atoms with Crippen LogP contribution in [-0.4, -0.2) is 81.3 Å². The van der Waals surface area contributed by atoms with Crippen LogP contribution in [0.3, 0.4) is 0 Å². The third-order valence-electron chi connectivity index (χ3n) is 8.21. The molecule has 3 fully saturated rings. The van der Waals surface area contributed by atoms with Gasteiger partial charge in [-0.1, -0.05) is 19.1 Å². The Morgan fingerprint density at radius 2 is 1.80 bits per heavy atom. The second-order valence-electron chi connectivity index (χ2n) is 10.7. The Morgan fingerprint density at radius 3 is 2.50 bits per heavy atom. The number of hydrogen-bond donors (Lipinski definition) is 1. The number of nitrogens with zero attached hydrogens (tertiary/aromatic N) is 7. The summed E-state index contributed by atoms with van der Waals surface area (Å²) in [6.07, 6.45) is 10.1. The summed E-state index contributed by atoms with van der Waals surface area (Å²) in [5.41, 5.74) is 7.05. The average molecular weight is 557 g/mol. The third-order valence-corrected chi connectivity index (χ3v) is 8.76. The van der Waals surface area contributed by atoms with Crippen molar-refractivity contribution in [1.82, 2.24) is 30.2 Å². The molecule has 0 bridgehead atoms. The van der Waals surface area contributed by atoms with E-state index in [4.69, 9.17) is 26.9 Å². The van der Waals surface area contributed by atoms with Crippen LogP contribution in [0.2, 0.25) is 0 Å². The van der Waals surface area contributed by atoms with Crippen LogP contribution < -0.4 is 15.1 Å². The molecule has 4 aliphatic rings. The number of ether oxygens (including phenoxy) is 1. The summed E-state index contributed by atoms with van der Waals surface area (Å²) in [5, 5.41) is 3.20. The molecule has 0 atom stereocenters. The summed E-state index contributed by atoms with van der Waals surface area (Å²) in [7, 11) is 0. The van der Waals surface area contributed by atoms with Crippen molar-refractivity contribution >= 4 is 51.6 Å². The monoisotopic (exact) mass is 556 g/mol. The molecule has 0 radical (unpaired) electrons. The van der Waals surface area contributed by atoms with Crippen molar-refractivity contribution in [2.45, 2.75) is 45.1 Å². The molecule has 1 saturated carbocycles. The van der Waals surface area contributed by atoms with Gasteiger partial charge < -0.3 is 19.9 Å². The number of urea groups is 1. The summed E-state index contributed by atoms with van der Waals surface area (Å²) in [4.78, 5) is 40.2. The van der Waals surface area contributed by atoms with Gasteiger partial charge in [0.2, 0.25) is 5.95 Å². The highest BCUT2D eigenvalue weighted by Crippen LogP contribution is 2.44. The number of nitrogens with one attached hydrogen (secondary N) is 1. The van der Waals surface area contributed by atoms with Gasteiger partial charge in [0.05, 0.1) is 40.8 Å². The summed E-state index contributed by atoms with van der Waals surface area (Å²) in [6, 6.07) is 3.89. The predicted molar refractivity (Wildman–Crippen MR) is 158 cm³/mol. The van der Waals surface area contributed by atoms with E-state index in [1.54, 1.807) is 0 Å². The summed E-state index contributed by atoms with van der Waals surface area (Å²) in [5.74, 6) is 0.698. The van der Waals surface area contributed by atoms with Gasteiger partial charge in [-0.05, 0) is 49.8 Å². The van der Waals surface area contributed by atoms with Crippen LogP contribution in [0.1, 0.15) is 44.6 Å². The van der Waals surface area contributed by atoms with Crippen molar-refractivity contribution in [3.8, 4) is 11.3 Å². The smallest absolute Gasteiger partial charge is 0.326 e. The molecule has 0 unspecified atom stereocenters. The number of morpholine rings is 1. The maximum Gasteiger partial charge on any atom is 0.326 e. The van der Waals surface area contributed by atoms with E-state index < -0.39 is 0 Å². The fourth-order valence-corrected chi connectivity index (χ4v) is 6.08. The summed E-state index contributed by atoms with van der Waals surface area (Å²) >= 11 is 5.57. The quantitative estimate of drug-likeness (QED) is 0.475. The lowest BCUT2D eigenvalue weighted by atomic mass is 9.98. The van der Waals surface area contributed by atoms with Gasteiger partial charge >= 0.3 is 6.03 Å². The number of likely N-dealkylation sites (tertiary alicyclic amines) is 1. The Morgan fingerprint density at radius 1 is 1.05 bits per heavy atom. The number of fused-ring (bicyclic) bond motifs is 3. The predicted octanol–water partition coefficient (Wildman–Crippen LogP) is 4.16. The number of piperidine rings is 1. The van der Waals surface area contributed by atoms with Crippen LogP contribution >= 0.6 is 12.2 Å². The minimum Gasteiger partial charge on any atom is -0.378 e. The molecule has 11 heteroatoms. The zero-order valence-electron chi connectivity index (χ0n) is 22.6. The molecule has 0 spiro atoms. The van der Waals surface area contributed by atoms with Gasteiger partial charge in [0.15, 0.2) is 0 Å². The molecule has 3 aromatic heterocycles. The van der Waals surface area contributed by atoms with Crippen molar-refractivity contribution in [3.05, 3.63) is 41.9 Å². The van der Waals surface area contributed by atoms with Crippen molar-refractivity contribution in [2.75, 3.05) is 49.2 Å². The maximum atomic E-state index is 13.7. The van der Waals surface area contributed by atoms with Crippen LogP contribution in [0.5, 0.6) is 0 Å². The standard InChI is InChI=1S/C29H32N8O2S/c1-2-24(40)35-9-7-20(8-10-35)37-27-21(25(18-3-4-18)34-29(37)38)17-30-23-6-5-22(33-26(23)27)19-15-31-28(32-16-19)36-11-13-39-14-12-36/h5-6,15-17,20H,2-4,7-14H2,1H3,(H,34,38). The first kappa shape index (κ1) is 25.3. The first-order valence-corrected chi connectivity index (χ1v) is 14.6. The minimum absolute atomic E-state index is 0.0487. The second-order valence-corrected chi connectivity index (χ2v) is 11.2. The molecule has 40 heavy (non-hydrogen) atoms. The number of aromatic nitrogens is 4. The van der Waals surface area contributed by atoms with Crippen molar-refractivity contribution in [3.63, 3.8) is 0 Å². The number of anilines is 2. The lowest BCUT2D eigenvalue weighted by Gasteiger charge is -2.42. The summed E-state index contributed by atoms with van der Waals surface area (Å²) in [6.45, 7) is 6.72. The lowest BCUT2D eigenvalue weighted by Crippen LogP contribution is -2.53. The minimum atomic E-state index is -0.0867. The first-order valence-electron chi connectivity index (χ1n) is 14.2. The van der Waals surface area contributed by atoms with Gasteiger partial charge in [-0.3, -0.25) is 9.88 Å². The molecule has 0 aromatic carbocycles. The maximum absolute atomic E-state index is 13.7. The van der Waals surface area contributed by atoms with E-state index in [-0.39, 0.29) is 12.1 Å². The van der Waals surface area contributed by atoms with Gasteiger partial charge in [0.1, 0.15) is 5.52 Å². The Labute approximate surface area is 238 Å². The van der Waals surface area contributed by atoms with Crippen LogP contribution in [-0.2, 0) is 4.74 Å². The molecule has 206 valence electrons. The average Bonchev–Trinajstić information content (AvgIpc) is 3.86. The topological polar surface area (TPSA) is 99.6 Å².